The first-order chi connectivity index (χ1) is 7.61. The number of halogens is 1. The zero-order chi connectivity index (χ0) is 11.7. The quantitative estimate of drug-likeness (QED) is 0.833. The first-order valence-corrected chi connectivity index (χ1v) is 5.99. The van der Waals surface area contributed by atoms with E-state index < -0.39 is 0 Å². The van der Waals surface area contributed by atoms with Gasteiger partial charge in [-0.1, -0.05) is 15.9 Å². The summed E-state index contributed by atoms with van der Waals surface area (Å²) >= 11 is 3.42. The molecule has 0 aromatic heterocycles. The largest absolute Gasteiger partial charge is 0.378 e. The van der Waals surface area contributed by atoms with Crippen LogP contribution in [0.2, 0.25) is 0 Å². The number of carbonyl (C=O) groups is 1. The highest BCUT2D eigenvalue weighted by molar-refractivity contribution is 9.10. The predicted octanol–water partition coefficient (Wildman–Crippen LogP) is 2.23. The standard InChI is InChI=1S/C12H14BrNO2/c1-8-5-9(3-4-11(8)13)12(15)14-6-10(7-14)16-2/h3-5,10H,6-7H2,1-2H3. The monoisotopic (exact) mass is 283 g/mol. The van der Waals surface area contributed by atoms with Gasteiger partial charge in [-0.25, -0.2) is 0 Å². The smallest absolute Gasteiger partial charge is 0.254 e. The van der Waals surface area contributed by atoms with Gasteiger partial charge in [-0.3, -0.25) is 4.79 Å². The Balaban J connectivity index is 2.07. The summed E-state index contributed by atoms with van der Waals surface area (Å²) in [5.74, 6) is 0.0869. The lowest BCUT2D eigenvalue weighted by atomic mass is 10.1. The Morgan fingerprint density at radius 3 is 2.75 bits per heavy atom. The van der Waals surface area contributed by atoms with E-state index in [2.05, 4.69) is 15.9 Å². The van der Waals surface area contributed by atoms with E-state index in [4.69, 9.17) is 4.74 Å². The van der Waals surface area contributed by atoms with Crippen LogP contribution in [0.3, 0.4) is 0 Å². The van der Waals surface area contributed by atoms with Gasteiger partial charge in [0.2, 0.25) is 0 Å². The number of ether oxygens (including phenoxy) is 1. The van der Waals surface area contributed by atoms with E-state index in [1.54, 1.807) is 12.0 Å². The fourth-order valence-corrected chi connectivity index (χ4v) is 1.96. The van der Waals surface area contributed by atoms with Crippen LogP contribution in [0.4, 0.5) is 0 Å². The van der Waals surface area contributed by atoms with Crippen molar-refractivity contribution in [3.63, 3.8) is 0 Å². The van der Waals surface area contributed by atoms with Gasteiger partial charge < -0.3 is 9.64 Å². The molecule has 1 fully saturated rings. The molecule has 0 saturated carbocycles. The molecule has 0 aliphatic carbocycles. The molecule has 1 saturated heterocycles. The molecule has 3 nitrogen and oxygen atoms in total. The zero-order valence-electron chi connectivity index (χ0n) is 9.37. The van der Waals surface area contributed by atoms with Gasteiger partial charge in [-0.05, 0) is 30.7 Å². The van der Waals surface area contributed by atoms with Crippen LogP contribution in [0.25, 0.3) is 0 Å². The average Bonchev–Trinajstić information content (AvgIpc) is 2.20. The highest BCUT2D eigenvalue weighted by Gasteiger charge is 2.30. The molecule has 16 heavy (non-hydrogen) atoms. The van der Waals surface area contributed by atoms with E-state index in [9.17, 15) is 4.79 Å². The Hall–Kier alpha value is -0.870. The molecule has 0 unspecified atom stereocenters. The Labute approximate surface area is 104 Å². The van der Waals surface area contributed by atoms with Gasteiger partial charge in [0, 0.05) is 30.2 Å². The average molecular weight is 284 g/mol. The van der Waals surface area contributed by atoms with Crippen LogP contribution in [0.5, 0.6) is 0 Å². The van der Waals surface area contributed by atoms with Crippen molar-refractivity contribution in [2.45, 2.75) is 13.0 Å². The Morgan fingerprint density at radius 2 is 2.19 bits per heavy atom. The van der Waals surface area contributed by atoms with Gasteiger partial charge in [0.1, 0.15) is 0 Å². The van der Waals surface area contributed by atoms with Crippen molar-refractivity contribution >= 4 is 21.8 Å². The number of hydrogen-bond acceptors (Lipinski definition) is 2. The van der Waals surface area contributed by atoms with Gasteiger partial charge in [0.15, 0.2) is 0 Å². The van der Waals surface area contributed by atoms with Gasteiger partial charge in [-0.2, -0.15) is 0 Å². The lowest BCUT2D eigenvalue weighted by molar-refractivity contribution is -0.0192. The minimum absolute atomic E-state index is 0.0869. The molecule has 4 heteroatoms. The van der Waals surface area contributed by atoms with E-state index in [1.807, 2.05) is 25.1 Å². The second-order valence-electron chi connectivity index (χ2n) is 4.03. The molecule has 1 aromatic carbocycles. The summed E-state index contributed by atoms with van der Waals surface area (Å²) in [6.45, 7) is 3.38. The molecule has 1 aliphatic rings. The van der Waals surface area contributed by atoms with E-state index in [0.29, 0.717) is 13.1 Å². The summed E-state index contributed by atoms with van der Waals surface area (Å²) < 4.78 is 6.17. The third-order valence-corrected chi connectivity index (χ3v) is 3.76. The van der Waals surface area contributed by atoms with Crippen LogP contribution < -0.4 is 0 Å². The summed E-state index contributed by atoms with van der Waals surface area (Å²) in [6, 6.07) is 5.67. The maximum absolute atomic E-state index is 12.0. The fourth-order valence-electron chi connectivity index (χ4n) is 1.71. The second kappa shape index (κ2) is 4.55. The molecule has 0 radical (unpaired) electrons. The lowest BCUT2D eigenvalue weighted by Gasteiger charge is -2.38. The molecule has 0 N–H and O–H groups in total. The minimum Gasteiger partial charge on any atom is -0.378 e. The SMILES string of the molecule is COC1CN(C(=O)c2ccc(Br)c(C)c2)C1. The Bertz CT molecular complexity index is 413. The van der Waals surface area contributed by atoms with Crippen LogP contribution in [0.1, 0.15) is 15.9 Å². The van der Waals surface area contributed by atoms with Crippen LogP contribution in [-0.2, 0) is 4.74 Å². The van der Waals surface area contributed by atoms with Gasteiger partial charge in [0.25, 0.3) is 5.91 Å². The molecule has 1 heterocycles. The van der Waals surface area contributed by atoms with Crippen molar-refractivity contribution in [2.75, 3.05) is 20.2 Å². The van der Waals surface area contributed by atoms with Crippen molar-refractivity contribution in [3.8, 4) is 0 Å². The number of carbonyl (C=O) groups excluding carboxylic acids is 1. The van der Waals surface area contributed by atoms with Crippen molar-refractivity contribution in [3.05, 3.63) is 33.8 Å². The second-order valence-corrected chi connectivity index (χ2v) is 4.89. The molecule has 86 valence electrons. The van der Waals surface area contributed by atoms with Crippen LogP contribution in [0, 0.1) is 6.92 Å². The molecular formula is C12H14BrNO2. The summed E-state index contributed by atoms with van der Waals surface area (Å²) in [7, 11) is 1.68. The van der Waals surface area contributed by atoms with E-state index in [1.165, 1.54) is 0 Å². The van der Waals surface area contributed by atoms with Crippen molar-refractivity contribution < 1.29 is 9.53 Å². The van der Waals surface area contributed by atoms with Gasteiger partial charge in [0.05, 0.1) is 6.10 Å². The molecule has 2 rings (SSSR count). The number of amides is 1. The Kier molecular flexibility index (Phi) is 3.30. The number of nitrogens with zero attached hydrogens (tertiary/aromatic N) is 1. The zero-order valence-corrected chi connectivity index (χ0v) is 11.0. The Morgan fingerprint density at radius 1 is 1.50 bits per heavy atom. The predicted molar refractivity (Wildman–Crippen MR) is 65.6 cm³/mol. The number of aryl methyl sites for hydroxylation is 1. The topological polar surface area (TPSA) is 29.5 Å². The first kappa shape index (κ1) is 11.6. The number of hydrogen-bond donors (Lipinski definition) is 0. The summed E-state index contributed by atoms with van der Waals surface area (Å²) in [5, 5.41) is 0. The maximum atomic E-state index is 12.0. The highest BCUT2D eigenvalue weighted by Crippen LogP contribution is 2.20. The van der Waals surface area contributed by atoms with E-state index in [-0.39, 0.29) is 12.0 Å². The van der Waals surface area contributed by atoms with Crippen molar-refractivity contribution in [2.24, 2.45) is 0 Å². The minimum atomic E-state index is 0.0869. The number of methoxy groups -OCH3 is 1. The molecule has 0 atom stereocenters. The lowest BCUT2D eigenvalue weighted by Crippen LogP contribution is -2.54. The van der Waals surface area contributed by atoms with Crippen LogP contribution in [-0.4, -0.2) is 37.1 Å². The molecular weight excluding hydrogens is 270 g/mol. The van der Waals surface area contributed by atoms with Crippen molar-refractivity contribution in [1.82, 2.24) is 4.90 Å². The normalized spacial score (nSPS) is 16.1. The maximum Gasteiger partial charge on any atom is 0.254 e. The van der Waals surface area contributed by atoms with Gasteiger partial charge in [-0.15, -0.1) is 0 Å². The molecule has 0 spiro atoms. The van der Waals surface area contributed by atoms with Crippen LogP contribution in [0.15, 0.2) is 22.7 Å². The van der Waals surface area contributed by atoms with E-state index in [0.717, 1.165) is 15.6 Å². The number of likely N-dealkylation sites (tertiary alicyclic amines) is 1. The first-order valence-electron chi connectivity index (χ1n) is 5.20. The fraction of sp³-hybridized carbons (Fsp3) is 0.417. The molecule has 1 aromatic rings. The summed E-state index contributed by atoms with van der Waals surface area (Å²) in [6.07, 6.45) is 0.209. The van der Waals surface area contributed by atoms with Gasteiger partial charge >= 0.3 is 0 Å². The van der Waals surface area contributed by atoms with Crippen LogP contribution >= 0.6 is 15.9 Å². The molecule has 1 amide bonds. The third kappa shape index (κ3) is 2.13. The van der Waals surface area contributed by atoms with E-state index >= 15 is 0 Å². The molecule has 1 aliphatic heterocycles. The number of benzene rings is 1. The third-order valence-electron chi connectivity index (χ3n) is 2.87. The molecule has 0 bridgehead atoms. The summed E-state index contributed by atoms with van der Waals surface area (Å²) in [5.41, 5.74) is 1.82. The number of rotatable bonds is 2. The highest BCUT2D eigenvalue weighted by atomic mass is 79.9. The van der Waals surface area contributed by atoms with Crippen molar-refractivity contribution in [1.29, 1.82) is 0 Å². The summed E-state index contributed by atoms with van der Waals surface area (Å²) in [4.78, 5) is 13.8.